The molecule has 1 nitrogen and oxygen atoms in total. The molecule has 1 aromatic rings. The van der Waals surface area contributed by atoms with Crippen molar-refractivity contribution in [2.24, 2.45) is 5.92 Å². The highest BCUT2D eigenvalue weighted by Crippen LogP contribution is 2.10. The largest absolute Gasteiger partial charge is 0.260 e. The third kappa shape index (κ3) is 3.09. The van der Waals surface area contributed by atoms with Gasteiger partial charge in [-0.1, -0.05) is 36.4 Å². The smallest absolute Gasteiger partial charge is 0.0503 e. The average Bonchev–Trinajstić information content (AvgIpc) is 2.03. The number of halogens is 1. The van der Waals surface area contributed by atoms with Crippen molar-refractivity contribution in [3.8, 4) is 0 Å². The molecule has 0 saturated heterocycles. The van der Waals surface area contributed by atoms with Gasteiger partial charge in [-0.3, -0.25) is 4.98 Å². The summed E-state index contributed by atoms with van der Waals surface area (Å²) in [6.45, 7) is 4.48. The third-order valence-electron chi connectivity index (χ3n) is 1.66. The summed E-state index contributed by atoms with van der Waals surface area (Å²) in [5, 5.41) is 0. The summed E-state index contributed by atoms with van der Waals surface area (Å²) >= 11 is 2.34. The highest BCUT2D eigenvalue weighted by Gasteiger charge is 1.98. The van der Waals surface area contributed by atoms with Crippen LogP contribution in [0, 0.1) is 5.92 Å². The second kappa shape index (κ2) is 4.80. The van der Waals surface area contributed by atoms with Crippen LogP contribution < -0.4 is 0 Å². The van der Waals surface area contributed by atoms with Crippen LogP contribution in [0.25, 0.3) is 0 Å². The molecule has 0 fully saturated rings. The Morgan fingerprint density at radius 1 is 1.50 bits per heavy atom. The lowest BCUT2D eigenvalue weighted by atomic mass is 10.0. The Hall–Kier alpha value is -0.120. The van der Waals surface area contributed by atoms with E-state index in [1.165, 1.54) is 11.3 Å². The molecule has 0 aliphatic heterocycles. The normalized spacial score (nSPS) is 10.7. The highest BCUT2D eigenvalue weighted by molar-refractivity contribution is 14.1. The van der Waals surface area contributed by atoms with Gasteiger partial charge in [-0.15, -0.1) is 0 Å². The van der Waals surface area contributed by atoms with E-state index in [0.717, 1.165) is 16.8 Å². The SMILES string of the molecule is CC(C)Cc1ccnc(CI)c1. The second-order valence-electron chi connectivity index (χ2n) is 3.39. The zero-order valence-electron chi connectivity index (χ0n) is 7.55. The number of aromatic nitrogens is 1. The standard InChI is InChI=1S/C10H14IN/c1-8(2)5-9-3-4-12-10(6-9)7-11/h3-4,6,8H,5,7H2,1-2H3. The Balaban J connectivity index is 2.72. The number of rotatable bonds is 3. The molecule has 0 amide bonds. The molecule has 0 aliphatic carbocycles. The number of nitrogens with zero attached hydrogens (tertiary/aromatic N) is 1. The Morgan fingerprint density at radius 2 is 2.25 bits per heavy atom. The van der Waals surface area contributed by atoms with Gasteiger partial charge in [0.05, 0.1) is 5.69 Å². The van der Waals surface area contributed by atoms with Gasteiger partial charge in [0.15, 0.2) is 0 Å². The molecule has 0 spiro atoms. The summed E-state index contributed by atoms with van der Waals surface area (Å²) in [6.07, 6.45) is 3.07. The zero-order chi connectivity index (χ0) is 8.97. The number of pyridine rings is 1. The highest BCUT2D eigenvalue weighted by atomic mass is 127. The summed E-state index contributed by atoms with van der Waals surface area (Å²) in [6, 6.07) is 4.31. The van der Waals surface area contributed by atoms with Crippen molar-refractivity contribution in [2.45, 2.75) is 24.7 Å². The maximum absolute atomic E-state index is 4.26. The van der Waals surface area contributed by atoms with Gasteiger partial charge in [0.1, 0.15) is 0 Å². The van der Waals surface area contributed by atoms with Crippen LogP contribution in [-0.4, -0.2) is 4.98 Å². The lowest BCUT2D eigenvalue weighted by Gasteiger charge is -2.04. The van der Waals surface area contributed by atoms with E-state index in [1.807, 2.05) is 6.20 Å². The topological polar surface area (TPSA) is 12.9 Å². The Bertz CT molecular complexity index is 245. The first-order valence-electron chi connectivity index (χ1n) is 4.22. The van der Waals surface area contributed by atoms with Crippen LogP contribution in [0.3, 0.4) is 0 Å². The fraction of sp³-hybridized carbons (Fsp3) is 0.500. The van der Waals surface area contributed by atoms with Gasteiger partial charge in [-0.05, 0) is 30.0 Å². The van der Waals surface area contributed by atoms with Crippen molar-refractivity contribution in [1.82, 2.24) is 4.98 Å². The van der Waals surface area contributed by atoms with Gasteiger partial charge in [-0.25, -0.2) is 0 Å². The van der Waals surface area contributed by atoms with Crippen LogP contribution >= 0.6 is 22.6 Å². The number of alkyl halides is 1. The first-order chi connectivity index (χ1) is 5.72. The Morgan fingerprint density at radius 3 is 2.83 bits per heavy atom. The minimum atomic E-state index is 0.731. The minimum absolute atomic E-state index is 0.731. The van der Waals surface area contributed by atoms with Crippen LogP contribution in [-0.2, 0) is 10.8 Å². The van der Waals surface area contributed by atoms with E-state index in [2.05, 4.69) is 53.6 Å². The van der Waals surface area contributed by atoms with Gasteiger partial charge in [0.2, 0.25) is 0 Å². The van der Waals surface area contributed by atoms with Gasteiger partial charge >= 0.3 is 0 Å². The average molecular weight is 275 g/mol. The first-order valence-corrected chi connectivity index (χ1v) is 5.74. The maximum Gasteiger partial charge on any atom is 0.0503 e. The van der Waals surface area contributed by atoms with E-state index in [9.17, 15) is 0 Å². The molecule has 0 aromatic carbocycles. The van der Waals surface area contributed by atoms with Crippen molar-refractivity contribution in [1.29, 1.82) is 0 Å². The molecule has 1 rings (SSSR count). The zero-order valence-corrected chi connectivity index (χ0v) is 9.71. The van der Waals surface area contributed by atoms with Gasteiger partial charge in [0.25, 0.3) is 0 Å². The quantitative estimate of drug-likeness (QED) is 0.609. The maximum atomic E-state index is 4.26. The Labute approximate surface area is 87.7 Å². The van der Waals surface area contributed by atoms with Gasteiger partial charge < -0.3 is 0 Å². The molecule has 1 heterocycles. The summed E-state index contributed by atoms with van der Waals surface area (Å²) in [7, 11) is 0. The number of hydrogen-bond donors (Lipinski definition) is 0. The molecule has 0 unspecified atom stereocenters. The monoisotopic (exact) mass is 275 g/mol. The van der Waals surface area contributed by atoms with Crippen LogP contribution in [0.5, 0.6) is 0 Å². The summed E-state index contributed by atoms with van der Waals surface area (Å²) in [4.78, 5) is 4.26. The summed E-state index contributed by atoms with van der Waals surface area (Å²) < 4.78 is 1.00. The first kappa shape index (κ1) is 9.96. The minimum Gasteiger partial charge on any atom is -0.260 e. The van der Waals surface area contributed by atoms with Gasteiger partial charge in [0, 0.05) is 10.6 Å². The molecule has 0 N–H and O–H groups in total. The van der Waals surface area contributed by atoms with Crippen molar-refractivity contribution >= 4 is 22.6 Å². The predicted molar refractivity (Wildman–Crippen MR) is 60.5 cm³/mol. The molecular weight excluding hydrogens is 261 g/mol. The van der Waals surface area contributed by atoms with E-state index in [0.29, 0.717) is 0 Å². The second-order valence-corrected chi connectivity index (χ2v) is 4.15. The number of hydrogen-bond acceptors (Lipinski definition) is 1. The molecule has 2 heteroatoms. The predicted octanol–water partition coefficient (Wildman–Crippen LogP) is 3.22. The lowest BCUT2D eigenvalue weighted by Crippen LogP contribution is -1.95. The lowest BCUT2D eigenvalue weighted by molar-refractivity contribution is 0.646. The van der Waals surface area contributed by atoms with Crippen molar-refractivity contribution in [2.75, 3.05) is 0 Å². The van der Waals surface area contributed by atoms with E-state index in [1.54, 1.807) is 0 Å². The van der Waals surface area contributed by atoms with E-state index < -0.39 is 0 Å². The van der Waals surface area contributed by atoms with E-state index in [4.69, 9.17) is 0 Å². The van der Waals surface area contributed by atoms with Crippen molar-refractivity contribution < 1.29 is 0 Å². The summed E-state index contributed by atoms with van der Waals surface area (Å²) in [5.74, 6) is 0.731. The molecule has 1 aromatic heterocycles. The Kier molecular flexibility index (Phi) is 3.98. The molecule has 0 radical (unpaired) electrons. The van der Waals surface area contributed by atoms with Crippen molar-refractivity contribution in [3.05, 3.63) is 29.6 Å². The molecule has 0 bridgehead atoms. The molecule has 0 saturated carbocycles. The molecule has 0 aliphatic rings. The molecular formula is C10H14IN. The third-order valence-corrected chi connectivity index (χ3v) is 2.44. The van der Waals surface area contributed by atoms with E-state index >= 15 is 0 Å². The fourth-order valence-electron chi connectivity index (χ4n) is 1.20. The molecule has 66 valence electrons. The molecule has 12 heavy (non-hydrogen) atoms. The molecule has 0 atom stereocenters. The van der Waals surface area contributed by atoms with Crippen LogP contribution in [0.4, 0.5) is 0 Å². The van der Waals surface area contributed by atoms with Crippen molar-refractivity contribution in [3.63, 3.8) is 0 Å². The van der Waals surface area contributed by atoms with Crippen LogP contribution in [0.15, 0.2) is 18.3 Å². The summed E-state index contributed by atoms with van der Waals surface area (Å²) in [5.41, 5.74) is 2.60. The van der Waals surface area contributed by atoms with Crippen LogP contribution in [0.1, 0.15) is 25.1 Å². The van der Waals surface area contributed by atoms with Gasteiger partial charge in [-0.2, -0.15) is 0 Å². The van der Waals surface area contributed by atoms with E-state index in [-0.39, 0.29) is 0 Å². The fourth-order valence-corrected chi connectivity index (χ4v) is 1.62. The van der Waals surface area contributed by atoms with Crippen LogP contribution in [0.2, 0.25) is 0 Å².